The fraction of sp³-hybridized carbons (Fsp3) is 0.0938. The van der Waals surface area contributed by atoms with Crippen LogP contribution in [-0.4, -0.2) is 17.6 Å². The quantitative estimate of drug-likeness (QED) is 0.243. The highest BCUT2D eigenvalue weighted by atomic mass is 32.2. The highest BCUT2D eigenvalue weighted by Crippen LogP contribution is 2.41. The normalized spacial score (nSPS) is 14.7. The zero-order chi connectivity index (χ0) is 28.8. The van der Waals surface area contributed by atoms with Gasteiger partial charge in [-0.3, -0.25) is 14.5 Å². The molecular weight excluding hydrogens is 539 g/mol. The maximum Gasteiger partial charge on any atom is 0.254 e. The van der Waals surface area contributed by atoms with Crippen LogP contribution in [-0.2, 0) is 9.59 Å². The number of amides is 2. The van der Waals surface area contributed by atoms with E-state index in [1.807, 2.05) is 60.7 Å². The van der Waals surface area contributed by atoms with Crippen molar-refractivity contribution in [2.75, 3.05) is 16.0 Å². The molecule has 2 amide bonds. The van der Waals surface area contributed by atoms with Gasteiger partial charge < -0.3 is 15.1 Å². The van der Waals surface area contributed by atoms with E-state index >= 15 is 0 Å². The Balaban J connectivity index is 1.45. The molecule has 0 spiro atoms. The Bertz CT molecular complexity index is 1620. The molecule has 0 unspecified atom stereocenters. The fourth-order valence-electron chi connectivity index (χ4n) is 4.61. The highest BCUT2D eigenvalue weighted by Gasteiger charge is 2.37. The molecule has 3 aromatic carbocycles. The summed E-state index contributed by atoms with van der Waals surface area (Å²) in [5.74, 6) is -1.83. The van der Waals surface area contributed by atoms with Crippen LogP contribution < -0.4 is 15.5 Å². The monoisotopic (exact) mass is 564 g/mol. The van der Waals surface area contributed by atoms with Crippen molar-refractivity contribution in [3.8, 4) is 6.07 Å². The van der Waals surface area contributed by atoms with Crippen LogP contribution in [0, 0.1) is 17.1 Å². The van der Waals surface area contributed by atoms with E-state index in [0.717, 1.165) is 0 Å². The lowest BCUT2D eigenvalue weighted by Gasteiger charge is -2.29. The number of allylic oxidation sites excluding steroid dienone is 2. The van der Waals surface area contributed by atoms with Gasteiger partial charge in [0, 0.05) is 17.1 Å². The number of nitrogens with zero attached hydrogens (tertiary/aromatic N) is 2. The summed E-state index contributed by atoms with van der Waals surface area (Å²) in [6.45, 7) is 1.70. The average Bonchev–Trinajstić information content (AvgIpc) is 3.53. The van der Waals surface area contributed by atoms with Gasteiger partial charge in [0.25, 0.3) is 5.91 Å². The molecular formula is C32H25FN4O3S. The molecule has 0 aliphatic carbocycles. The molecule has 0 radical (unpaired) electrons. The van der Waals surface area contributed by atoms with Crippen LogP contribution in [0.1, 0.15) is 18.6 Å². The minimum absolute atomic E-state index is 0.00616. The summed E-state index contributed by atoms with van der Waals surface area (Å²) in [5, 5.41) is 16.5. The number of carbonyl (C=O) groups is 2. The molecule has 0 saturated heterocycles. The van der Waals surface area contributed by atoms with Crippen LogP contribution in [0.25, 0.3) is 0 Å². The van der Waals surface area contributed by atoms with E-state index in [1.165, 1.54) is 36.2 Å². The SMILES string of the molecule is CC1=C(C(=O)Nc2ccccc2F)[C@H](c2ccco2)C(C#N)=C(SCC(=O)N(c2ccccc2)c2ccccc2)N1. The topological polar surface area (TPSA) is 98.4 Å². The molecule has 5 rings (SSSR count). The molecule has 1 aliphatic rings. The summed E-state index contributed by atoms with van der Waals surface area (Å²) >= 11 is 1.17. The summed E-state index contributed by atoms with van der Waals surface area (Å²) in [4.78, 5) is 28.7. The second kappa shape index (κ2) is 12.4. The number of benzene rings is 3. The van der Waals surface area contributed by atoms with E-state index in [-0.39, 0.29) is 28.5 Å². The molecule has 0 bridgehead atoms. The van der Waals surface area contributed by atoms with Crippen molar-refractivity contribution >= 4 is 40.6 Å². The summed E-state index contributed by atoms with van der Waals surface area (Å²) in [6.07, 6.45) is 1.46. The second-order valence-electron chi connectivity index (χ2n) is 9.09. The first-order valence-corrected chi connectivity index (χ1v) is 13.7. The Morgan fingerprint density at radius 2 is 1.61 bits per heavy atom. The Labute approximate surface area is 241 Å². The number of thioether (sulfide) groups is 1. The number of nitrogens with one attached hydrogen (secondary N) is 2. The number of rotatable bonds is 8. The number of dihydropyridines is 1. The molecule has 1 aliphatic heterocycles. The lowest BCUT2D eigenvalue weighted by atomic mass is 9.85. The lowest BCUT2D eigenvalue weighted by molar-refractivity contribution is -0.115. The highest BCUT2D eigenvalue weighted by molar-refractivity contribution is 8.03. The molecule has 2 N–H and O–H groups in total. The summed E-state index contributed by atoms with van der Waals surface area (Å²) < 4.78 is 20.0. The van der Waals surface area contributed by atoms with Gasteiger partial charge in [-0.25, -0.2) is 4.39 Å². The van der Waals surface area contributed by atoms with Crippen LogP contribution in [0.5, 0.6) is 0 Å². The second-order valence-corrected chi connectivity index (χ2v) is 10.1. The fourth-order valence-corrected chi connectivity index (χ4v) is 5.55. The smallest absolute Gasteiger partial charge is 0.254 e. The minimum atomic E-state index is -0.861. The van der Waals surface area contributed by atoms with Gasteiger partial charge in [-0.2, -0.15) is 5.26 Å². The number of anilines is 3. The predicted octanol–water partition coefficient (Wildman–Crippen LogP) is 6.85. The zero-order valence-corrected chi connectivity index (χ0v) is 22.8. The minimum Gasteiger partial charge on any atom is -0.468 e. The number of halogens is 1. The molecule has 4 aromatic rings. The van der Waals surface area contributed by atoms with Gasteiger partial charge in [-0.1, -0.05) is 60.3 Å². The molecule has 204 valence electrons. The van der Waals surface area contributed by atoms with Gasteiger partial charge in [0.15, 0.2) is 0 Å². The third-order valence-corrected chi connectivity index (χ3v) is 7.46. The van der Waals surface area contributed by atoms with E-state index < -0.39 is 17.6 Å². The van der Waals surface area contributed by atoms with E-state index in [1.54, 1.807) is 30.0 Å². The number of para-hydroxylation sites is 3. The summed E-state index contributed by atoms with van der Waals surface area (Å²) in [6, 6.07) is 30.0. The average molecular weight is 565 g/mol. The molecule has 1 aromatic heterocycles. The van der Waals surface area contributed by atoms with Crippen LogP contribution in [0.2, 0.25) is 0 Å². The number of hydrogen-bond acceptors (Lipinski definition) is 6. The molecule has 7 nitrogen and oxygen atoms in total. The Morgan fingerprint density at radius 1 is 0.976 bits per heavy atom. The first-order valence-electron chi connectivity index (χ1n) is 12.7. The van der Waals surface area contributed by atoms with Gasteiger partial charge in [0.05, 0.1) is 45.9 Å². The number of carbonyl (C=O) groups excluding carboxylic acids is 2. The third-order valence-electron chi connectivity index (χ3n) is 6.46. The van der Waals surface area contributed by atoms with Crippen molar-refractivity contribution in [1.29, 1.82) is 5.26 Å². The molecule has 1 atom stereocenters. The van der Waals surface area contributed by atoms with E-state index in [0.29, 0.717) is 27.9 Å². The summed E-state index contributed by atoms with van der Waals surface area (Å²) in [5.41, 5.74) is 2.33. The van der Waals surface area contributed by atoms with Crippen LogP contribution in [0.3, 0.4) is 0 Å². The molecule has 0 saturated carbocycles. The van der Waals surface area contributed by atoms with Crippen molar-refractivity contribution in [2.24, 2.45) is 0 Å². The maximum atomic E-state index is 14.3. The van der Waals surface area contributed by atoms with Crippen molar-refractivity contribution < 1.29 is 18.4 Å². The predicted molar refractivity (Wildman–Crippen MR) is 157 cm³/mol. The lowest BCUT2D eigenvalue weighted by Crippen LogP contribution is -2.32. The number of furan rings is 1. The zero-order valence-electron chi connectivity index (χ0n) is 22.0. The maximum absolute atomic E-state index is 14.3. The number of hydrogen-bond donors (Lipinski definition) is 2. The van der Waals surface area contributed by atoms with Gasteiger partial charge in [-0.05, 0) is 55.5 Å². The van der Waals surface area contributed by atoms with Crippen LogP contribution in [0.15, 0.2) is 130 Å². The largest absolute Gasteiger partial charge is 0.468 e. The van der Waals surface area contributed by atoms with Crippen LogP contribution >= 0.6 is 11.8 Å². The first-order chi connectivity index (χ1) is 20.0. The first kappa shape index (κ1) is 27.5. The third kappa shape index (κ3) is 5.93. The van der Waals surface area contributed by atoms with Gasteiger partial charge in [0.2, 0.25) is 5.91 Å². The van der Waals surface area contributed by atoms with E-state index in [2.05, 4.69) is 16.7 Å². The Morgan fingerprint density at radius 3 is 2.20 bits per heavy atom. The van der Waals surface area contributed by atoms with Crippen molar-refractivity contribution in [3.63, 3.8) is 0 Å². The summed E-state index contributed by atoms with van der Waals surface area (Å²) in [7, 11) is 0. The Kier molecular flexibility index (Phi) is 8.32. The van der Waals surface area contributed by atoms with Gasteiger partial charge in [0.1, 0.15) is 11.6 Å². The van der Waals surface area contributed by atoms with Crippen molar-refractivity contribution in [3.05, 3.63) is 137 Å². The van der Waals surface area contributed by atoms with E-state index in [9.17, 15) is 19.2 Å². The number of nitriles is 1. The molecule has 2 heterocycles. The van der Waals surface area contributed by atoms with E-state index in [4.69, 9.17) is 4.42 Å². The van der Waals surface area contributed by atoms with Crippen LogP contribution in [0.4, 0.5) is 21.5 Å². The van der Waals surface area contributed by atoms with Gasteiger partial charge in [-0.15, -0.1) is 0 Å². The van der Waals surface area contributed by atoms with Crippen molar-refractivity contribution in [2.45, 2.75) is 12.8 Å². The standard InChI is InChI=1S/C32H25FN4O3S/c1-21-29(31(39)36-26-16-9-8-15-25(26)33)30(27-17-10-18-40-27)24(19-34)32(35-21)41-20-28(38)37(22-11-4-2-5-12-22)23-13-6-3-7-14-23/h2-18,30,35H,20H2,1H3,(H,36,39)/t30-/m0/s1. The van der Waals surface area contributed by atoms with Gasteiger partial charge >= 0.3 is 0 Å². The molecule has 0 fully saturated rings. The molecule has 41 heavy (non-hydrogen) atoms. The Hall–Kier alpha value is -5.07. The van der Waals surface area contributed by atoms with Crippen molar-refractivity contribution in [1.82, 2.24) is 5.32 Å². The molecule has 9 heteroatoms.